The number of rotatable bonds is 2. The van der Waals surface area contributed by atoms with Crippen LogP contribution in [0.25, 0.3) is 11.6 Å². The number of aryl methyl sites for hydroxylation is 2. The Bertz CT molecular complexity index is 534. The zero-order valence-electron chi connectivity index (χ0n) is 9.15. The average molecular weight is 245 g/mol. The van der Waals surface area contributed by atoms with E-state index in [0.717, 1.165) is 15.3 Å². The fraction of sp³-hybridized carbons (Fsp3) is 0.154. The van der Waals surface area contributed by atoms with Crippen molar-refractivity contribution in [2.24, 2.45) is 0 Å². The summed E-state index contributed by atoms with van der Waals surface area (Å²) in [5, 5.41) is 11.1. The monoisotopic (exact) mass is 245 g/mol. The standard InChI is InChI=1S/C13H11NS2/c1-9-6-12(16-10(9)2)7-11(8-14)13-4-3-5-15-13/h3-7H,1-2H3. The van der Waals surface area contributed by atoms with Gasteiger partial charge < -0.3 is 0 Å². The molecular formula is C13H11NS2. The first kappa shape index (κ1) is 11.1. The SMILES string of the molecule is Cc1cc(C=C(C#N)c2cccs2)sc1C. The molecule has 2 rings (SSSR count). The third kappa shape index (κ3) is 2.24. The molecule has 80 valence electrons. The van der Waals surface area contributed by atoms with Gasteiger partial charge in [-0.15, -0.1) is 22.7 Å². The minimum Gasteiger partial charge on any atom is -0.192 e. The van der Waals surface area contributed by atoms with Crippen molar-refractivity contribution < 1.29 is 0 Å². The molecule has 3 heteroatoms. The van der Waals surface area contributed by atoms with Gasteiger partial charge in [0, 0.05) is 14.6 Å². The van der Waals surface area contributed by atoms with Gasteiger partial charge in [0.25, 0.3) is 0 Å². The number of hydrogen-bond donors (Lipinski definition) is 0. The van der Waals surface area contributed by atoms with E-state index >= 15 is 0 Å². The zero-order valence-corrected chi connectivity index (χ0v) is 10.8. The number of hydrogen-bond acceptors (Lipinski definition) is 3. The molecule has 0 radical (unpaired) electrons. The van der Waals surface area contributed by atoms with Crippen LogP contribution < -0.4 is 0 Å². The molecule has 0 fully saturated rings. The molecule has 1 nitrogen and oxygen atoms in total. The van der Waals surface area contributed by atoms with Crippen molar-refractivity contribution in [3.05, 3.63) is 43.8 Å². The summed E-state index contributed by atoms with van der Waals surface area (Å²) < 4.78 is 0. The maximum absolute atomic E-state index is 9.13. The molecule has 2 aromatic rings. The van der Waals surface area contributed by atoms with Gasteiger partial charge >= 0.3 is 0 Å². The Balaban J connectivity index is 2.39. The van der Waals surface area contributed by atoms with Crippen molar-refractivity contribution in [2.45, 2.75) is 13.8 Å². The first-order valence-electron chi connectivity index (χ1n) is 4.93. The highest BCUT2D eigenvalue weighted by Gasteiger charge is 2.04. The molecule has 0 saturated heterocycles. The molecule has 0 unspecified atom stereocenters. The van der Waals surface area contributed by atoms with Crippen molar-refractivity contribution in [1.82, 2.24) is 0 Å². The van der Waals surface area contributed by atoms with E-state index in [-0.39, 0.29) is 0 Å². The Morgan fingerprint density at radius 2 is 2.25 bits per heavy atom. The molecule has 0 saturated carbocycles. The van der Waals surface area contributed by atoms with E-state index in [1.807, 2.05) is 23.6 Å². The lowest BCUT2D eigenvalue weighted by atomic mass is 10.2. The Morgan fingerprint density at radius 1 is 1.44 bits per heavy atom. The highest BCUT2D eigenvalue weighted by molar-refractivity contribution is 7.13. The summed E-state index contributed by atoms with van der Waals surface area (Å²) in [6, 6.07) is 8.34. The van der Waals surface area contributed by atoms with Gasteiger partial charge in [0.2, 0.25) is 0 Å². The molecule has 0 spiro atoms. The number of allylic oxidation sites excluding steroid dienone is 1. The van der Waals surface area contributed by atoms with E-state index in [4.69, 9.17) is 5.26 Å². The Kier molecular flexibility index (Phi) is 3.23. The van der Waals surface area contributed by atoms with E-state index in [9.17, 15) is 0 Å². The maximum Gasteiger partial charge on any atom is 0.101 e. The molecule has 0 aliphatic carbocycles. The zero-order chi connectivity index (χ0) is 11.5. The van der Waals surface area contributed by atoms with Crippen LogP contribution in [0.2, 0.25) is 0 Å². The van der Waals surface area contributed by atoms with Crippen molar-refractivity contribution in [3.8, 4) is 6.07 Å². The lowest BCUT2D eigenvalue weighted by Gasteiger charge is -1.91. The summed E-state index contributed by atoms with van der Waals surface area (Å²) in [6.07, 6.45) is 1.97. The van der Waals surface area contributed by atoms with Crippen LogP contribution in [-0.2, 0) is 0 Å². The predicted octanol–water partition coefficient (Wildman–Crippen LogP) is 4.49. The van der Waals surface area contributed by atoms with Crippen LogP contribution in [0.1, 0.15) is 20.2 Å². The lowest BCUT2D eigenvalue weighted by Crippen LogP contribution is -1.73. The molecule has 0 amide bonds. The first-order valence-corrected chi connectivity index (χ1v) is 6.63. The van der Waals surface area contributed by atoms with Crippen LogP contribution in [-0.4, -0.2) is 0 Å². The first-order chi connectivity index (χ1) is 7.70. The Hall–Kier alpha value is -1.37. The minimum atomic E-state index is 0.747. The van der Waals surface area contributed by atoms with Crippen LogP contribution >= 0.6 is 22.7 Å². The molecule has 2 heterocycles. The van der Waals surface area contributed by atoms with Gasteiger partial charge in [0.05, 0.1) is 5.57 Å². The molecule has 0 N–H and O–H groups in total. The third-order valence-electron chi connectivity index (χ3n) is 2.38. The topological polar surface area (TPSA) is 23.8 Å². The summed E-state index contributed by atoms with van der Waals surface area (Å²) in [6.45, 7) is 4.20. The minimum absolute atomic E-state index is 0.747. The Morgan fingerprint density at radius 3 is 2.75 bits per heavy atom. The highest BCUT2D eigenvalue weighted by atomic mass is 32.1. The number of nitrogens with zero attached hydrogens (tertiary/aromatic N) is 1. The predicted molar refractivity (Wildman–Crippen MR) is 71.6 cm³/mol. The van der Waals surface area contributed by atoms with Crippen molar-refractivity contribution in [2.75, 3.05) is 0 Å². The van der Waals surface area contributed by atoms with E-state index in [1.54, 1.807) is 22.7 Å². The van der Waals surface area contributed by atoms with Gasteiger partial charge in [-0.2, -0.15) is 5.26 Å². The molecule has 0 aliphatic heterocycles. The molecule has 2 aromatic heterocycles. The molecule has 0 aromatic carbocycles. The number of nitriles is 1. The van der Waals surface area contributed by atoms with E-state index in [1.165, 1.54) is 10.4 Å². The summed E-state index contributed by atoms with van der Waals surface area (Å²) in [7, 11) is 0. The summed E-state index contributed by atoms with van der Waals surface area (Å²) >= 11 is 3.33. The van der Waals surface area contributed by atoms with Crippen molar-refractivity contribution >= 4 is 34.3 Å². The molecule has 16 heavy (non-hydrogen) atoms. The average Bonchev–Trinajstić information content (AvgIpc) is 2.86. The van der Waals surface area contributed by atoms with E-state index < -0.39 is 0 Å². The molecule has 0 atom stereocenters. The van der Waals surface area contributed by atoms with Crippen LogP contribution in [0.3, 0.4) is 0 Å². The van der Waals surface area contributed by atoms with E-state index in [0.29, 0.717) is 0 Å². The Labute approximate surface area is 103 Å². The van der Waals surface area contributed by atoms with Gasteiger partial charge in [-0.05, 0) is 43.0 Å². The molecule has 0 aliphatic rings. The van der Waals surface area contributed by atoms with Crippen LogP contribution in [0.5, 0.6) is 0 Å². The maximum atomic E-state index is 9.13. The van der Waals surface area contributed by atoms with Crippen molar-refractivity contribution in [3.63, 3.8) is 0 Å². The van der Waals surface area contributed by atoms with E-state index in [2.05, 4.69) is 26.0 Å². The fourth-order valence-corrected chi connectivity index (χ4v) is 3.08. The second-order valence-corrected chi connectivity index (χ2v) is 5.77. The van der Waals surface area contributed by atoms with Gasteiger partial charge in [-0.1, -0.05) is 6.07 Å². The smallest absolute Gasteiger partial charge is 0.101 e. The summed E-state index contributed by atoms with van der Waals surface area (Å²) in [5.74, 6) is 0. The van der Waals surface area contributed by atoms with Gasteiger partial charge in [-0.3, -0.25) is 0 Å². The largest absolute Gasteiger partial charge is 0.192 e. The van der Waals surface area contributed by atoms with Crippen LogP contribution in [0.4, 0.5) is 0 Å². The lowest BCUT2D eigenvalue weighted by molar-refractivity contribution is 1.44. The van der Waals surface area contributed by atoms with Gasteiger partial charge in [-0.25, -0.2) is 0 Å². The quantitative estimate of drug-likeness (QED) is 0.715. The van der Waals surface area contributed by atoms with Crippen molar-refractivity contribution in [1.29, 1.82) is 5.26 Å². The second-order valence-electron chi connectivity index (χ2n) is 3.54. The van der Waals surface area contributed by atoms with Gasteiger partial charge in [0.15, 0.2) is 0 Å². The third-order valence-corrected chi connectivity index (χ3v) is 4.38. The molecule has 0 bridgehead atoms. The normalized spacial score (nSPS) is 11.4. The molecular weight excluding hydrogens is 234 g/mol. The second kappa shape index (κ2) is 4.65. The fourth-order valence-electron chi connectivity index (χ4n) is 1.41. The van der Waals surface area contributed by atoms with Crippen LogP contribution in [0, 0.1) is 25.2 Å². The number of thiophene rings is 2. The van der Waals surface area contributed by atoms with Gasteiger partial charge in [0.1, 0.15) is 6.07 Å². The summed E-state index contributed by atoms with van der Waals surface area (Å²) in [5.41, 5.74) is 2.04. The summed E-state index contributed by atoms with van der Waals surface area (Å²) in [4.78, 5) is 3.50. The van der Waals surface area contributed by atoms with Crippen LogP contribution in [0.15, 0.2) is 23.6 Å². The highest BCUT2D eigenvalue weighted by Crippen LogP contribution is 2.27.